The first-order valence-electron chi connectivity index (χ1n) is 5.44. The second kappa shape index (κ2) is 5.15. The molecule has 3 heteroatoms. The Morgan fingerprint density at radius 3 is 2.50 bits per heavy atom. The normalized spacial score (nSPS) is 9.56. The van der Waals surface area contributed by atoms with Crippen molar-refractivity contribution in [2.75, 3.05) is 7.11 Å². The molecule has 0 atom stereocenters. The Balaban J connectivity index is 2.50. The molecule has 0 fully saturated rings. The highest BCUT2D eigenvalue weighted by atomic mass is 16.5. The molecule has 88 valence electrons. The molecule has 2 aromatic carbocycles. The molecule has 0 aliphatic rings. The standard InChI is InChI=1S/C15H11NO2/c1-18-13-8-7-12(10-16)14(9-13)15(17)11-5-3-2-4-6-11/h2-9H,1H3. The lowest BCUT2D eigenvalue weighted by molar-refractivity contribution is 0.103. The molecule has 0 amide bonds. The molecule has 0 heterocycles. The van der Waals surface area contributed by atoms with Gasteiger partial charge in [-0.05, 0) is 18.2 Å². The third-order valence-corrected chi connectivity index (χ3v) is 2.63. The first kappa shape index (κ1) is 11.9. The van der Waals surface area contributed by atoms with Gasteiger partial charge in [-0.1, -0.05) is 30.3 Å². The lowest BCUT2D eigenvalue weighted by atomic mass is 9.99. The lowest BCUT2D eigenvalue weighted by Gasteiger charge is -2.06. The summed E-state index contributed by atoms with van der Waals surface area (Å²) in [5.74, 6) is 0.388. The number of nitriles is 1. The number of ether oxygens (including phenoxy) is 1. The zero-order valence-corrected chi connectivity index (χ0v) is 9.88. The number of rotatable bonds is 3. The Labute approximate surface area is 105 Å². The van der Waals surface area contributed by atoms with Crippen molar-refractivity contribution >= 4 is 5.78 Å². The van der Waals surface area contributed by atoms with Crippen LogP contribution in [0.5, 0.6) is 5.75 Å². The molecule has 2 aromatic rings. The fraction of sp³-hybridized carbons (Fsp3) is 0.0667. The van der Waals surface area contributed by atoms with Crippen LogP contribution in [0.2, 0.25) is 0 Å². The van der Waals surface area contributed by atoms with Crippen LogP contribution in [0.3, 0.4) is 0 Å². The number of ketones is 1. The third kappa shape index (κ3) is 2.23. The summed E-state index contributed by atoms with van der Waals surface area (Å²) in [6.07, 6.45) is 0. The smallest absolute Gasteiger partial charge is 0.194 e. The summed E-state index contributed by atoms with van der Waals surface area (Å²) in [5.41, 5.74) is 1.27. The number of hydrogen-bond acceptors (Lipinski definition) is 3. The van der Waals surface area contributed by atoms with E-state index in [4.69, 9.17) is 10.00 Å². The van der Waals surface area contributed by atoms with Gasteiger partial charge in [0.15, 0.2) is 5.78 Å². The third-order valence-electron chi connectivity index (χ3n) is 2.63. The molecule has 0 aliphatic carbocycles. The summed E-state index contributed by atoms with van der Waals surface area (Å²) < 4.78 is 5.08. The van der Waals surface area contributed by atoms with Crippen LogP contribution in [-0.2, 0) is 0 Å². The van der Waals surface area contributed by atoms with Crippen LogP contribution in [0.1, 0.15) is 21.5 Å². The van der Waals surface area contributed by atoms with Gasteiger partial charge in [-0.25, -0.2) is 0 Å². The van der Waals surface area contributed by atoms with Gasteiger partial charge in [0, 0.05) is 11.1 Å². The van der Waals surface area contributed by atoms with E-state index in [1.807, 2.05) is 12.1 Å². The van der Waals surface area contributed by atoms with Crippen LogP contribution < -0.4 is 4.74 Å². The van der Waals surface area contributed by atoms with E-state index in [-0.39, 0.29) is 5.78 Å². The van der Waals surface area contributed by atoms with Gasteiger partial charge in [-0.3, -0.25) is 4.79 Å². The highest BCUT2D eigenvalue weighted by Crippen LogP contribution is 2.20. The molecule has 0 unspecified atom stereocenters. The Morgan fingerprint density at radius 1 is 1.17 bits per heavy atom. The molecule has 0 saturated heterocycles. The maximum absolute atomic E-state index is 12.3. The first-order chi connectivity index (χ1) is 8.76. The van der Waals surface area contributed by atoms with Crippen molar-refractivity contribution < 1.29 is 9.53 Å². The summed E-state index contributed by atoms with van der Waals surface area (Å²) in [7, 11) is 1.53. The topological polar surface area (TPSA) is 50.1 Å². The van der Waals surface area contributed by atoms with Gasteiger partial charge in [-0.15, -0.1) is 0 Å². The minimum absolute atomic E-state index is 0.175. The molecule has 0 radical (unpaired) electrons. The Morgan fingerprint density at radius 2 is 1.89 bits per heavy atom. The Kier molecular flexibility index (Phi) is 3.40. The largest absolute Gasteiger partial charge is 0.497 e. The van der Waals surface area contributed by atoms with Crippen LogP contribution in [0, 0.1) is 11.3 Å². The van der Waals surface area contributed by atoms with E-state index >= 15 is 0 Å². The summed E-state index contributed by atoms with van der Waals surface area (Å²) in [5, 5.41) is 9.03. The highest BCUT2D eigenvalue weighted by Gasteiger charge is 2.14. The van der Waals surface area contributed by atoms with Gasteiger partial charge < -0.3 is 4.74 Å². The van der Waals surface area contributed by atoms with E-state index < -0.39 is 0 Å². The van der Waals surface area contributed by atoms with Crippen LogP contribution in [-0.4, -0.2) is 12.9 Å². The van der Waals surface area contributed by atoms with Crippen LogP contribution in [0.25, 0.3) is 0 Å². The molecule has 0 bridgehead atoms. The molecule has 3 nitrogen and oxygen atoms in total. The summed E-state index contributed by atoms with van der Waals surface area (Å²) >= 11 is 0. The average molecular weight is 237 g/mol. The fourth-order valence-electron chi connectivity index (χ4n) is 1.68. The summed E-state index contributed by atoms with van der Waals surface area (Å²) in [4.78, 5) is 12.3. The van der Waals surface area contributed by atoms with Crippen molar-refractivity contribution in [3.63, 3.8) is 0 Å². The second-order valence-electron chi connectivity index (χ2n) is 3.72. The number of nitrogens with zero attached hydrogens (tertiary/aromatic N) is 1. The predicted octanol–water partition coefficient (Wildman–Crippen LogP) is 2.80. The van der Waals surface area contributed by atoms with Crippen molar-refractivity contribution in [3.05, 3.63) is 65.2 Å². The van der Waals surface area contributed by atoms with Crippen LogP contribution in [0.4, 0.5) is 0 Å². The molecular formula is C15H11NO2. The number of hydrogen-bond donors (Lipinski definition) is 0. The van der Waals surface area contributed by atoms with E-state index in [1.54, 1.807) is 42.5 Å². The maximum Gasteiger partial charge on any atom is 0.194 e. The zero-order chi connectivity index (χ0) is 13.0. The number of methoxy groups -OCH3 is 1. The number of benzene rings is 2. The van der Waals surface area contributed by atoms with Crippen LogP contribution in [0.15, 0.2) is 48.5 Å². The number of carbonyl (C=O) groups is 1. The second-order valence-corrected chi connectivity index (χ2v) is 3.72. The predicted molar refractivity (Wildman–Crippen MR) is 67.6 cm³/mol. The SMILES string of the molecule is COc1ccc(C#N)c(C(=O)c2ccccc2)c1. The van der Waals surface area contributed by atoms with Gasteiger partial charge in [0.05, 0.1) is 18.7 Å². The van der Waals surface area contributed by atoms with Gasteiger partial charge in [-0.2, -0.15) is 5.26 Å². The Bertz CT molecular complexity index is 612. The van der Waals surface area contributed by atoms with Gasteiger partial charge >= 0.3 is 0 Å². The highest BCUT2D eigenvalue weighted by molar-refractivity contribution is 6.10. The van der Waals surface area contributed by atoms with Crippen molar-refractivity contribution in [3.8, 4) is 11.8 Å². The van der Waals surface area contributed by atoms with E-state index in [1.165, 1.54) is 7.11 Å². The zero-order valence-electron chi connectivity index (χ0n) is 9.88. The minimum atomic E-state index is -0.175. The minimum Gasteiger partial charge on any atom is -0.497 e. The molecule has 18 heavy (non-hydrogen) atoms. The van der Waals surface area contributed by atoms with Crippen molar-refractivity contribution in [2.24, 2.45) is 0 Å². The van der Waals surface area contributed by atoms with E-state index in [0.717, 1.165) is 0 Å². The molecule has 0 saturated carbocycles. The average Bonchev–Trinajstić information content (AvgIpc) is 2.46. The Hall–Kier alpha value is -2.60. The molecule has 0 aromatic heterocycles. The first-order valence-corrected chi connectivity index (χ1v) is 5.44. The van der Waals surface area contributed by atoms with E-state index in [0.29, 0.717) is 22.4 Å². The molecule has 0 N–H and O–H groups in total. The number of carbonyl (C=O) groups excluding carboxylic acids is 1. The fourth-order valence-corrected chi connectivity index (χ4v) is 1.68. The maximum atomic E-state index is 12.3. The quantitative estimate of drug-likeness (QED) is 0.771. The van der Waals surface area contributed by atoms with Crippen LogP contribution >= 0.6 is 0 Å². The van der Waals surface area contributed by atoms with Crippen molar-refractivity contribution in [1.29, 1.82) is 5.26 Å². The van der Waals surface area contributed by atoms with Crippen molar-refractivity contribution in [1.82, 2.24) is 0 Å². The molecule has 0 aliphatic heterocycles. The van der Waals surface area contributed by atoms with E-state index in [2.05, 4.69) is 0 Å². The molecule has 0 spiro atoms. The lowest BCUT2D eigenvalue weighted by Crippen LogP contribution is -2.04. The van der Waals surface area contributed by atoms with Gasteiger partial charge in [0.2, 0.25) is 0 Å². The van der Waals surface area contributed by atoms with Gasteiger partial charge in [0.1, 0.15) is 5.75 Å². The van der Waals surface area contributed by atoms with Gasteiger partial charge in [0.25, 0.3) is 0 Å². The van der Waals surface area contributed by atoms with Crippen molar-refractivity contribution in [2.45, 2.75) is 0 Å². The molecule has 2 rings (SSSR count). The summed E-state index contributed by atoms with van der Waals surface area (Å²) in [6, 6.07) is 15.7. The summed E-state index contributed by atoms with van der Waals surface area (Å²) in [6.45, 7) is 0. The van der Waals surface area contributed by atoms with E-state index in [9.17, 15) is 4.79 Å². The molecular weight excluding hydrogens is 226 g/mol. The monoisotopic (exact) mass is 237 g/mol.